The van der Waals surface area contributed by atoms with Crippen molar-refractivity contribution >= 4 is 16.8 Å². The van der Waals surface area contributed by atoms with Crippen molar-refractivity contribution in [2.24, 2.45) is 5.92 Å². The second-order valence-corrected chi connectivity index (χ2v) is 7.72. The number of amides is 1. The summed E-state index contributed by atoms with van der Waals surface area (Å²) < 4.78 is 16.3. The molecule has 6 heteroatoms. The summed E-state index contributed by atoms with van der Waals surface area (Å²) in [7, 11) is 3.20. The fraction of sp³-hybridized carbons (Fsp3) is 0.360. The van der Waals surface area contributed by atoms with Crippen LogP contribution in [0.1, 0.15) is 30.6 Å². The van der Waals surface area contributed by atoms with Crippen molar-refractivity contribution in [1.29, 1.82) is 0 Å². The van der Waals surface area contributed by atoms with Gasteiger partial charge in [-0.3, -0.25) is 4.79 Å². The Bertz CT molecular complexity index is 1030. The Morgan fingerprint density at radius 2 is 1.81 bits per heavy atom. The second-order valence-electron chi connectivity index (χ2n) is 7.72. The molecule has 0 atom stereocenters. The van der Waals surface area contributed by atoms with Crippen molar-refractivity contribution in [2.45, 2.75) is 20.3 Å². The summed E-state index contributed by atoms with van der Waals surface area (Å²) in [5.41, 5.74) is 2.91. The molecule has 6 nitrogen and oxygen atoms in total. The number of hydrogen-bond donors (Lipinski definition) is 1. The van der Waals surface area contributed by atoms with Crippen LogP contribution in [-0.4, -0.2) is 44.9 Å². The third kappa shape index (κ3) is 5.73. The summed E-state index contributed by atoms with van der Waals surface area (Å²) in [5.74, 6) is 1.64. The highest BCUT2D eigenvalue weighted by Gasteiger charge is 2.15. The molecule has 1 heterocycles. The van der Waals surface area contributed by atoms with Gasteiger partial charge in [0.2, 0.25) is 0 Å². The number of benzene rings is 2. The van der Waals surface area contributed by atoms with Crippen molar-refractivity contribution in [1.82, 2.24) is 10.3 Å². The molecule has 3 aromatic rings. The lowest BCUT2D eigenvalue weighted by Crippen LogP contribution is -2.25. The molecule has 0 aliphatic heterocycles. The number of carbonyl (C=O) groups excluding carboxylic acids is 1. The first-order valence-corrected chi connectivity index (χ1v) is 10.5. The van der Waals surface area contributed by atoms with Gasteiger partial charge in [-0.1, -0.05) is 32.0 Å². The van der Waals surface area contributed by atoms with Gasteiger partial charge in [0.05, 0.1) is 31.0 Å². The lowest BCUT2D eigenvalue weighted by atomic mass is 10.0. The molecule has 0 bridgehead atoms. The van der Waals surface area contributed by atoms with Gasteiger partial charge in [-0.15, -0.1) is 0 Å². The summed E-state index contributed by atoms with van der Waals surface area (Å²) in [6.07, 6.45) is 0.768. The molecule has 0 saturated heterocycles. The van der Waals surface area contributed by atoms with Gasteiger partial charge in [0, 0.05) is 30.7 Å². The largest absolute Gasteiger partial charge is 0.493 e. The summed E-state index contributed by atoms with van der Waals surface area (Å²) in [5, 5.41) is 3.83. The van der Waals surface area contributed by atoms with Gasteiger partial charge in [0.1, 0.15) is 0 Å². The average Bonchev–Trinajstić information content (AvgIpc) is 2.79. The molecule has 1 N–H and O–H groups in total. The number of nitrogens with zero attached hydrogens (tertiary/aromatic N) is 1. The molecule has 0 aliphatic rings. The van der Waals surface area contributed by atoms with E-state index in [2.05, 4.69) is 19.2 Å². The van der Waals surface area contributed by atoms with Crippen molar-refractivity contribution in [3.8, 4) is 22.8 Å². The third-order valence-corrected chi connectivity index (χ3v) is 4.84. The van der Waals surface area contributed by atoms with Crippen LogP contribution in [0.15, 0.2) is 48.5 Å². The predicted molar refractivity (Wildman–Crippen MR) is 123 cm³/mol. The average molecular weight is 423 g/mol. The second kappa shape index (κ2) is 10.8. The lowest BCUT2D eigenvalue weighted by molar-refractivity contribution is 0.0926. The number of carbonyl (C=O) groups is 1. The molecular weight excluding hydrogens is 392 g/mol. The minimum atomic E-state index is -0.121. The molecule has 2 aromatic carbocycles. The normalized spacial score (nSPS) is 11.0. The number of pyridine rings is 1. The molecule has 0 fully saturated rings. The zero-order valence-corrected chi connectivity index (χ0v) is 18.6. The first-order chi connectivity index (χ1) is 15.0. The van der Waals surface area contributed by atoms with E-state index in [0.29, 0.717) is 41.8 Å². The third-order valence-electron chi connectivity index (χ3n) is 4.84. The van der Waals surface area contributed by atoms with Crippen LogP contribution >= 0.6 is 0 Å². The fourth-order valence-corrected chi connectivity index (χ4v) is 3.30. The highest BCUT2D eigenvalue weighted by Crippen LogP contribution is 2.33. The quantitative estimate of drug-likeness (QED) is 0.479. The van der Waals surface area contributed by atoms with Gasteiger partial charge in [0.15, 0.2) is 11.5 Å². The highest BCUT2D eigenvalue weighted by atomic mass is 16.5. The van der Waals surface area contributed by atoms with Crippen molar-refractivity contribution in [2.75, 3.05) is 34.0 Å². The molecule has 0 saturated carbocycles. The molecule has 1 amide bonds. The van der Waals surface area contributed by atoms with E-state index in [1.54, 1.807) is 14.2 Å². The van der Waals surface area contributed by atoms with Crippen LogP contribution in [0.4, 0.5) is 0 Å². The van der Waals surface area contributed by atoms with Gasteiger partial charge >= 0.3 is 0 Å². The van der Waals surface area contributed by atoms with E-state index < -0.39 is 0 Å². The Morgan fingerprint density at radius 1 is 1.03 bits per heavy atom. The van der Waals surface area contributed by atoms with Gasteiger partial charge in [0.25, 0.3) is 5.91 Å². The lowest BCUT2D eigenvalue weighted by Gasteiger charge is -2.13. The van der Waals surface area contributed by atoms with Crippen molar-refractivity contribution in [3.63, 3.8) is 0 Å². The minimum Gasteiger partial charge on any atom is -0.493 e. The Kier molecular flexibility index (Phi) is 7.84. The maximum Gasteiger partial charge on any atom is 0.252 e. The first kappa shape index (κ1) is 22.6. The molecule has 164 valence electrons. The topological polar surface area (TPSA) is 69.7 Å². The summed E-state index contributed by atoms with van der Waals surface area (Å²) in [4.78, 5) is 17.7. The summed E-state index contributed by atoms with van der Waals surface area (Å²) in [6.45, 7) is 6.15. The Labute approximate surface area is 183 Å². The van der Waals surface area contributed by atoms with E-state index in [1.165, 1.54) is 0 Å². The van der Waals surface area contributed by atoms with Crippen LogP contribution in [0.2, 0.25) is 0 Å². The van der Waals surface area contributed by atoms with Crippen LogP contribution in [0.3, 0.4) is 0 Å². The highest BCUT2D eigenvalue weighted by molar-refractivity contribution is 6.07. The van der Waals surface area contributed by atoms with Crippen LogP contribution in [0, 0.1) is 5.92 Å². The Morgan fingerprint density at radius 3 is 2.55 bits per heavy atom. The monoisotopic (exact) mass is 422 g/mol. The number of fused-ring (bicyclic) bond motifs is 1. The van der Waals surface area contributed by atoms with Gasteiger partial charge in [-0.2, -0.15) is 0 Å². The smallest absolute Gasteiger partial charge is 0.252 e. The maximum atomic E-state index is 13.0. The molecule has 0 radical (unpaired) electrons. The zero-order valence-electron chi connectivity index (χ0n) is 18.6. The number of aromatic nitrogens is 1. The molecule has 0 aliphatic carbocycles. The van der Waals surface area contributed by atoms with E-state index in [1.807, 2.05) is 48.5 Å². The Hall–Kier alpha value is -3.12. The molecule has 0 spiro atoms. The number of nitrogens with one attached hydrogen (secondary N) is 1. The fourth-order valence-electron chi connectivity index (χ4n) is 3.30. The number of methoxy groups -OCH3 is 2. The van der Waals surface area contributed by atoms with Crippen molar-refractivity contribution in [3.05, 3.63) is 54.1 Å². The number of ether oxygens (including phenoxy) is 3. The molecular formula is C25H30N2O4. The zero-order chi connectivity index (χ0) is 22.2. The van der Waals surface area contributed by atoms with Crippen LogP contribution in [0.25, 0.3) is 22.2 Å². The predicted octanol–water partition coefficient (Wildman–Crippen LogP) is 4.71. The van der Waals surface area contributed by atoms with Gasteiger partial charge < -0.3 is 19.5 Å². The summed E-state index contributed by atoms with van der Waals surface area (Å²) >= 11 is 0. The van der Waals surface area contributed by atoms with Gasteiger partial charge in [-0.05, 0) is 42.7 Å². The van der Waals surface area contributed by atoms with Crippen LogP contribution in [0.5, 0.6) is 11.5 Å². The van der Waals surface area contributed by atoms with Crippen LogP contribution in [-0.2, 0) is 4.74 Å². The Balaban J connectivity index is 1.84. The minimum absolute atomic E-state index is 0.121. The number of hydrogen-bond acceptors (Lipinski definition) is 5. The SMILES string of the molecule is COc1ccc(-c2cc(C(=O)NCCCOCC(C)C)c3ccccc3n2)cc1OC. The molecule has 31 heavy (non-hydrogen) atoms. The summed E-state index contributed by atoms with van der Waals surface area (Å²) in [6, 6.07) is 15.1. The molecule has 3 rings (SSSR count). The first-order valence-electron chi connectivity index (χ1n) is 10.5. The standard InChI is InChI=1S/C25H30N2O4/c1-17(2)16-31-13-7-12-26-25(28)20-15-22(27-21-9-6-5-8-19(20)21)18-10-11-23(29-3)24(14-18)30-4/h5-6,8-11,14-15,17H,7,12-13,16H2,1-4H3,(H,26,28). The van der Waals surface area contributed by atoms with Crippen molar-refractivity contribution < 1.29 is 19.0 Å². The molecule has 1 aromatic heterocycles. The number of para-hydroxylation sites is 1. The number of rotatable bonds is 10. The van der Waals surface area contributed by atoms with Gasteiger partial charge in [-0.25, -0.2) is 4.98 Å². The van der Waals surface area contributed by atoms with E-state index >= 15 is 0 Å². The van der Waals surface area contributed by atoms with E-state index in [-0.39, 0.29) is 5.91 Å². The van der Waals surface area contributed by atoms with E-state index in [0.717, 1.165) is 29.5 Å². The van der Waals surface area contributed by atoms with E-state index in [4.69, 9.17) is 19.2 Å². The van der Waals surface area contributed by atoms with Crippen LogP contribution < -0.4 is 14.8 Å². The molecule has 0 unspecified atom stereocenters. The van der Waals surface area contributed by atoms with E-state index in [9.17, 15) is 4.79 Å². The maximum absolute atomic E-state index is 13.0.